The lowest BCUT2D eigenvalue weighted by Crippen LogP contribution is -2.52. The number of amides is 2. The average Bonchev–Trinajstić information content (AvgIpc) is 2.74. The van der Waals surface area contributed by atoms with Crippen molar-refractivity contribution in [2.75, 3.05) is 0 Å². The van der Waals surface area contributed by atoms with Crippen LogP contribution in [-0.4, -0.2) is 23.8 Å². The van der Waals surface area contributed by atoms with Crippen LogP contribution in [0, 0.1) is 13.8 Å². The van der Waals surface area contributed by atoms with Crippen molar-refractivity contribution in [3.05, 3.63) is 107 Å². The van der Waals surface area contributed by atoms with Crippen LogP contribution in [0.1, 0.15) is 42.2 Å². The van der Waals surface area contributed by atoms with Gasteiger partial charge >= 0.3 is 0 Å². The van der Waals surface area contributed by atoms with E-state index >= 15 is 0 Å². The fourth-order valence-electron chi connectivity index (χ4n) is 2.77. The Kier molecular flexibility index (Phi) is 6.19. The smallest absolute Gasteiger partial charge is 0.253 e. The van der Waals surface area contributed by atoms with Gasteiger partial charge in [-0.1, -0.05) is 65.7 Å². The molecule has 0 spiro atoms. The van der Waals surface area contributed by atoms with Crippen LogP contribution in [0.5, 0.6) is 0 Å². The number of benzene rings is 3. The highest BCUT2D eigenvalue weighted by Crippen LogP contribution is 2.08. The third kappa shape index (κ3) is 5.17. The van der Waals surface area contributed by atoms with Crippen molar-refractivity contribution in [2.45, 2.75) is 20.0 Å². The van der Waals surface area contributed by atoms with Crippen molar-refractivity contribution >= 4 is 17.6 Å². The molecule has 0 aliphatic heterocycles. The van der Waals surface area contributed by atoms with Gasteiger partial charge in [0, 0.05) is 16.7 Å². The first-order chi connectivity index (χ1) is 13.9. The summed E-state index contributed by atoms with van der Waals surface area (Å²) >= 11 is 0. The van der Waals surface area contributed by atoms with Gasteiger partial charge in [0.05, 0.1) is 0 Å². The number of hydrogen-bond acceptors (Lipinski definition) is 3. The van der Waals surface area contributed by atoms with E-state index in [0.29, 0.717) is 16.7 Å². The second kappa shape index (κ2) is 8.97. The Hall–Kier alpha value is -3.73. The molecule has 5 nitrogen and oxygen atoms in total. The van der Waals surface area contributed by atoms with Gasteiger partial charge in [0.1, 0.15) is 0 Å². The molecule has 2 N–H and O–H groups in total. The van der Waals surface area contributed by atoms with Crippen molar-refractivity contribution in [3.8, 4) is 0 Å². The number of ketones is 1. The topological polar surface area (TPSA) is 75.3 Å². The van der Waals surface area contributed by atoms with Crippen LogP contribution in [0.25, 0.3) is 0 Å². The summed E-state index contributed by atoms with van der Waals surface area (Å²) in [5.41, 5.74) is 3.25. The zero-order valence-electron chi connectivity index (χ0n) is 16.3. The van der Waals surface area contributed by atoms with E-state index in [9.17, 15) is 14.4 Å². The van der Waals surface area contributed by atoms with Crippen LogP contribution in [0.2, 0.25) is 0 Å². The second-order valence-electron chi connectivity index (χ2n) is 6.84. The predicted octanol–water partition coefficient (Wildman–Crippen LogP) is 3.67. The third-order valence-electron chi connectivity index (χ3n) is 4.50. The fourth-order valence-corrected chi connectivity index (χ4v) is 2.77. The van der Waals surface area contributed by atoms with Crippen molar-refractivity contribution in [1.82, 2.24) is 10.6 Å². The molecule has 0 radical (unpaired) electrons. The molecule has 0 fully saturated rings. The van der Waals surface area contributed by atoms with E-state index < -0.39 is 23.8 Å². The molecule has 0 aliphatic carbocycles. The molecular formula is C24H22N2O3. The number of Topliss-reactive ketones (excluding diaryl/α,β-unsaturated/α-hetero) is 1. The normalized spacial score (nSPS) is 10.4. The number of carbonyl (C=O) groups is 3. The zero-order chi connectivity index (χ0) is 20.8. The summed E-state index contributed by atoms with van der Waals surface area (Å²) in [5.74, 6) is -1.28. The fraction of sp³-hybridized carbons (Fsp3) is 0.125. The van der Waals surface area contributed by atoms with Crippen LogP contribution < -0.4 is 10.6 Å². The number of nitrogens with one attached hydrogen (secondary N) is 2. The monoisotopic (exact) mass is 386 g/mol. The van der Waals surface area contributed by atoms with Crippen molar-refractivity contribution in [3.63, 3.8) is 0 Å². The first-order valence-corrected chi connectivity index (χ1v) is 9.28. The Morgan fingerprint density at radius 1 is 0.586 bits per heavy atom. The first kappa shape index (κ1) is 20.0. The van der Waals surface area contributed by atoms with Gasteiger partial charge in [-0.25, -0.2) is 0 Å². The summed E-state index contributed by atoms with van der Waals surface area (Å²) < 4.78 is 0. The Bertz CT molecular complexity index is 951. The molecule has 0 aromatic heterocycles. The minimum absolute atomic E-state index is 0.394. The molecule has 3 aromatic rings. The number of aryl methyl sites for hydroxylation is 2. The van der Waals surface area contributed by atoms with Crippen LogP contribution in [0.15, 0.2) is 78.9 Å². The first-order valence-electron chi connectivity index (χ1n) is 9.28. The number of rotatable bonds is 6. The van der Waals surface area contributed by atoms with Gasteiger partial charge in [0.2, 0.25) is 5.78 Å². The number of hydrogen-bond donors (Lipinski definition) is 2. The quantitative estimate of drug-likeness (QED) is 0.501. The highest BCUT2D eigenvalue weighted by atomic mass is 16.2. The molecule has 0 aliphatic rings. The summed E-state index contributed by atoms with van der Waals surface area (Å²) in [5, 5.41) is 5.29. The van der Waals surface area contributed by atoms with Gasteiger partial charge in [0.15, 0.2) is 6.17 Å². The summed E-state index contributed by atoms with van der Waals surface area (Å²) in [6.45, 7) is 3.84. The van der Waals surface area contributed by atoms with Gasteiger partial charge in [-0.3, -0.25) is 14.4 Å². The molecule has 5 heteroatoms. The van der Waals surface area contributed by atoms with E-state index in [-0.39, 0.29) is 0 Å². The average molecular weight is 386 g/mol. The van der Waals surface area contributed by atoms with Gasteiger partial charge in [-0.05, 0) is 38.1 Å². The van der Waals surface area contributed by atoms with E-state index in [1.165, 1.54) is 0 Å². The lowest BCUT2D eigenvalue weighted by Gasteiger charge is -2.19. The lowest BCUT2D eigenvalue weighted by molar-refractivity contribution is 0.0792. The van der Waals surface area contributed by atoms with Crippen molar-refractivity contribution < 1.29 is 14.4 Å². The molecule has 2 amide bonds. The standard InChI is InChI=1S/C24H22N2O3/c1-16-8-12-19(13-9-16)23(28)25-22(21(27)18-6-4-3-5-7-18)26-24(29)20-14-10-17(2)11-15-20/h3-15,22H,1-2H3,(H,25,28)(H,26,29). The van der Waals surface area contributed by atoms with Gasteiger partial charge in [-0.2, -0.15) is 0 Å². The zero-order valence-corrected chi connectivity index (χ0v) is 16.3. The lowest BCUT2D eigenvalue weighted by atomic mass is 10.1. The minimum Gasteiger partial charge on any atom is -0.325 e. The van der Waals surface area contributed by atoms with Gasteiger partial charge < -0.3 is 10.6 Å². The Balaban J connectivity index is 1.83. The van der Waals surface area contributed by atoms with Gasteiger partial charge in [-0.15, -0.1) is 0 Å². The second-order valence-corrected chi connectivity index (χ2v) is 6.84. The molecule has 0 saturated heterocycles. The maximum atomic E-state index is 13.0. The molecule has 0 saturated carbocycles. The van der Waals surface area contributed by atoms with Crippen molar-refractivity contribution in [2.24, 2.45) is 0 Å². The van der Waals surface area contributed by atoms with Gasteiger partial charge in [0.25, 0.3) is 11.8 Å². The summed E-state index contributed by atoms with van der Waals surface area (Å²) in [6, 6.07) is 22.5. The largest absolute Gasteiger partial charge is 0.325 e. The van der Waals surface area contributed by atoms with E-state index in [1.807, 2.05) is 38.1 Å². The van der Waals surface area contributed by atoms with Crippen LogP contribution in [0.3, 0.4) is 0 Å². The molecule has 0 unspecified atom stereocenters. The molecule has 0 bridgehead atoms. The maximum absolute atomic E-state index is 13.0. The highest BCUT2D eigenvalue weighted by Gasteiger charge is 2.25. The molecule has 3 aromatic carbocycles. The van der Waals surface area contributed by atoms with Crippen molar-refractivity contribution in [1.29, 1.82) is 0 Å². The summed E-state index contributed by atoms with van der Waals surface area (Å²) in [7, 11) is 0. The van der Waals surface area contributed by atoms with E-state index in [2.05, 4.69) is 10.6 Å². The van der Waals surface area contributed by atoms with Crippen LogP contribution in [-0.2, 0) is 0 Å². The number of carbonyl (C=O) groups excluding carboxylic acids is 3. The molecule has 0 atom stereocenters. The predicted molar refractivity (Wildman–Crippen MR) is 112 cm³/mol. The van der Waals surface area contributed by atoms with Crippen LogP contribution >= 0.6 is 0 Å². The molecular weight excluding hydrogens is 364 g/mol. The molecule has 29 heavy (non-hydrogen) atoms. The van der Waals surface area contributed by atoms with E-state index in [4.69, 9.17) is 0 Å². The summed E-state index contributed by atoms with van der Waals surface area (Å²) in [4.78, 5) is 38.3. The molecule has 0 heterocycles. The molecule has 146 valence electrons. The maximum Gasteiger partial charge on any atom is 0.253 e. The van der Waals surface area contributed by atoms with E-state index in [0.717, 1.165) is 11.1 Å². The Morgan fingerprint density at radius 2 is 1.00 bits per heavy atom. The minimum atomic E-state index is -1.19. The SMILES string of the molecule is Cc1ccc(C(=O)NC(NC(=O)c2ccc(C)cc2)C(=O)c2ccccc2)cc1. The molecule has 3 rings (SSSR count). The summed E-state index contributed by atoms with van der Waals surface area (Å²) in [6.07, 6.45) is -1.19. The van der Waals surface area contributed by atoms with E-state index in [1.54, 1.807) is 54.6 Å². The Labute approximate surface area is 169 Å². The third-order valence-corrected chi connectivity index (χ3v) is 4.50. The van der Waals surface area contributed by atoms with Crippen LogP contribution in [0.4, 0.5) is 0 Å². The Morgan fingerprint density at radius 3 is 1.41 bits per heavy atom. The highest BCUT2D eigenvalue weighted by molar-refractivity contribution is 6.07.